The first-order chi connectivity index (χ1) is 14.8. The lowest BCUT2D eigenvalue weighted by molar-refractivity contribution is -0.151. The minimum absolute atomic E-state index is 0.198. The number of benzene rings is 1. The number of hydrogen-bond acceptors (Lipinski definition) is 6. The van der Waals surface area contributed by atoms with E-state index in [2.05, 4.69) is 5.32 Å². The Hall–Kier alpha value is -2.73. The highest BCUT2D eigenvalue weighted by molar-refractivity contribution is 5.98. The summed E-state index contributed by atoms with van der Waals surface area (Å²) in [6.45, 7) is 9.14. The van der Waals surface area contributed by atoms with Gasteiger partial charge in [-0.2, -0.15) is 0 Å². The third-order valence-corrected chi connectivity index (χ3v) is 6.12. The molecule has 0 bridgehead atoms. The molecule has 1 unspecified atom stereocenters. The number of nitrogens with one attached hydrogen (secondary N) is 1. The van der Waals surface area contributed by atoms with E-state index < -0.39 is 11.9 Å². The van der Waals surface area contributed by atoms with Crippen LogP contribution in [0.5, 0.6) is 5.75 Å². The van der Waals surface area contributed by atoms with Gasteiger partial charge in [0.05, 0.1) is 12.3 Å². The minimum Gasteiger partial charge on any atom is -0.507 e. The molecule has 6 heteroatoms. The number of piperidine rings is 1. The second-order valence-electron chi connectivity index (χ2n) is 8.27. The third kappa shape index (κ3) is 5.13. The standard InChI is InChI=1S/C25H32N2O4/c1-5-31-25(30)20(17(4)28)13-19-16(3)27-22(24-15(2)7-6-8-23(24)29)14-21(19)18-9-11-26-12-10-18/h6-8,14,18,20,26,29H,5,9-13H2,1-4H3. The van der Waals surface area contributed by atoms with E-state index in [0.29, 0.717) is 5.92 Å². The smallest absolute Gasteiger partial charge is 0.316 e. The number of carbonyl (C=O) groups excluding carboxylic acids is 2. The van der Waals surface area contributed by atoms with E-state index >= 15 is 0 Å². The van der Waals surface area contributed by atoms with Gasteiger partial charge in [0.1, 0.15) is 17.5 Å². The van der Waals surface area contributed by atoms with E-state index in [1.165, 1.54) is 6.92 Å². The highest BCUT2D eigenvalue weighted by atomic mass is 16.5. The highest BCUT2D eigenvalue weighted by Crippen LogP contribution is 2.37. The number of aryl methyl sites for hydroxylation is 2. The number of ether oxygens (including phenoxy) is 1. The fraction of sp³-hybridized carbons (Fsp3) is 0.480. The number of aromatic hydroxyl groups is 1. The quantitative estimate of drug-likeness (QED) is 0.518. The summed E-state index contributed by atoms with van der Waals surface area (Å²) in [6.07, 6.45) is 2.23. The molecule has 31 heavy (non-hydrogen) atoms. The molecule has 1 atom stereocenters. The third-order valence-electron chi connectivity index (χ3n) is 6.12. The van der Waals surface area contributed by atoms with Gasteiger partial charge in [0.15, 0.2) is 0 Å². The van der Waals surface area contributed by atoms with Gasteiger partial charge in [0, 0.05) is 11.3 Å². The second kappa shape index (κ2) is 10.1. The van der Waals surface area contributed by atoms with Crippen molar-refractivity contribution in [1.29, 1.82) is 0 Å². The van der Waals surface area contributed by atoms with Crippen molar-refractivity contribution in [1.82, 2.24) is 10.3 Å². The molecule has 1 aromatic carbocycles. The molecule has 6 nitrogen and oxygen atoms in total. The first kappa shape index (κ1) is 22.9. The van der Waals surface area contributed by atoms with Gasteiger partial charge >= 0.3 is 5.97 Å². The lowest BCUT2D eigenvalue weighted by atomic mass is 9.82. The number of aromatic nitrogens is 1. The Bertz CT molecular complexity index is 944. The first-order valence-corrected chi connectivity index (χ1v) is 11.0. The van der Waals surface area contributed by atoms with Crippen LogP contribution in [0, 0.1) is 19.8 Å². The Labute approximate surface area is 184 Å². The average Bonchev–Trinajstić information content (AvgIpc) is 2.73. The van der Waals surface area contributed by atoms with E-state index in [4.69, 9.17) is 9.72 Å². The number of Topliss-reactive ketones (excluding diaryl/α,β-unsaturated/α-hetero) is 1. The summed E-state index contributed by atoms with van der Waals surface area (Å²) in [5.74, 6) is -1.01. The second-order valence-corrected chi connectivity index (χ2v) is 8.27. The van der Waals surface area contributed by atoms with Gasteiger partial charge in [-0.05, 0) is 94.8 Å². The minimum atomic E-state index is -0.835. The molecule has 2 aromatic rings. The fourth-order valence-electron chi connectivity index (χ4n) is 4.44. The molecule has 2 heterocycles. The predicted octanol–water partition coefficient (Wildman–Crippen LogP) is 3.85. The van der Waals surface area contributed by atoms with Crippen LogP contribution in [0.15, 0.2) is 24.3 Å². The number of phenolic OH excluding ortho intramolecular Hbond substituents is 1. The Balaban J connectivity index is 2.12. The van der Waals surface area contributed by atoms with Crippen molar-refractivity contribution < 1.29 is 19.4 Å². The number of esters is 1. The van der Waals surface area contributed by atoms with Crippen LogP contribution in [0.3, 0.4) is 0 Å². The number of carbonyl (C=O) groups is 2. The van der Waals surface area contributed by atoms with E-state index in [1.54, 1.807) is 13.0 Å². The normalized spacial score (nSPS) is 15.5. The summed E-state index contributed by atoms with van der Waals surface area (Å²) in [5, 5.41) is 13.9. The Morgan fingerprint density at radius 2 is 1.97 bits per heavy atom. The molecule has 3 rings (SSSR count). The molecule has 0 spiro atoms. The number of nitrogens with zero attached hydrogens (tertiary/aromatic N) is 1. The molecule has 2 N–H and O–H groups in total. The van der Waals surface area contributed by atoms with Crippen LogP contribution in [0.1, 0.15) is 55.0 Å². The van der Waals surface area contributed by atoms with E-state index in [-0.39, 0.29) is 24.6 Å². The van der Waals surface area contributed by atoms with Crippen LogP contribution >= 0.6 is 0 Å². The lowest BCUT2D eigenvalue weighted by Gasteiger charge is -2.27. The maximum Gasteiger partial charge on any atom is 0.316 e. The van der Waals surface area contributed by atoms with E-state index in [9.17, 15) is 14.7 Å². The van der Waals surface area contributed by atoms with Crippen LogP contribution < -0.4 is 5.32 Å². The first-order valence-electron chi connectivity index (χ1n) is 11.0. The van der Waals surface area contributed by atoms with E-state index in [0.717, 1.165) is 59.6 Å². The SMILES string of the molecule is CCOC(=O)C(Cc1c(C2CCNCC2)cc(-c2c(C)cccc2O)nc1C)C(C)=O. The van der Waals surface area contributed by atoms with Crippen LogP contribution in [0.25, 0.3) is 11.3 Å². The summed E-state index contributed by atoms with van der Waals surface area (Å²) < 4.78 is 5.16. The molecular weight excluding hydrogens is 392 g/mol. The maximum atomic E-state index is 12.5. The van der Waals surface area contributed by atoms with Crippen molar-refractivity contribution in [2.45, 2.75) is 52.9 Å². The molecule has 166 valence electrons. The molecule has 1 aromatic heterocycles. The van der Waals surface area contributed by atoms with Crippen LogP contribution in [-0.4, -0.2) is 41.5 Å². The molecule has 1 aliphatic heterocycles. The molecule has 0 amide bonds. The molecule has 0 radical (unpaired) electrons. The molecule has 0 saturated carbocycles. The lowest BCUT2D eigenvalue weighted by Crippen LogP contribution is -2.30. The van der Waals surface area contributed by atoms with Gasteiger partial charge in [-0.25, -0.2) is 0 Å². The van der Waals surface area contributed by atoms with Gasteiger partial charge in [0.25, 0.3) is 0 Å². The number of hydrogen-bond donors (Lipinski definition) is 2. The Morgan fingerprint density at radius 1 is 1.26 bits per heavy atom. The van der Waals surface area contributed by atoms with Gasteiger partial charge in [-0.15, -0.1) is 0 Å². The van der Waals surface area contributed by atoms with Crippen molar-refractivity contribution >= 4 is 11.8 Å². The number of ketones is 1. The Morgan fingerprint density at radius 3 is 2.58 bits per heavy atom. The number of pyridine rings is 1. The summed E-state index contributed by atoms with van der Waals surface area (Å²) in [7, 11) is 0. The van der Waals surface area contributed by atoms with Crippen LogP contribution in [0.2, 0.25) is 0 Å². The monoisotopic (exact) mass is 424 g/mol. The predicted molar refractivity (Wildman–Crippen MR) is 120 cm³/mol. The van der Waals surface area contributed by atoms with Crippen molar-refractivity contribution in [2.75, 3.05) is 19.7 Å². The molecule has 1 saturated heterocycles. The molecular formula is C25H32N2O4. The van der Waals surface area contributed by atoms with Crippen LogP contribution in [0.4, 0.5) is 0 Å². The molecule has 0 aliphatic carbocycles. The summed E-state index contributed by atoms with van der Waals surface area (Å²) in [5.41, 5.74) is 5.23. The average molecular weight is 425 g/mol. The van der Waals surface area contributed by atoms with Gasteiger partial charge in [-0.3, -0.25) is 14.6 Å². The summed E-state index contributed by atoms with van der Waals surface area (Å²) >= 11 is 0. The molecule has 1 aliphatic rings. The maximum absolute atomic E-state index is 12.5. The molecule has 1 fully saturated rings. The van der Waals surface area contributed by atoms with Crippen molar-refractivity contribution in [2.24, 2.45) is 5.92 Å². The highest BCUT2D eigenvalue weighted by Gasteiger charge is 2.30. The zero-order valence-electron chi connectivity index (χ0n) is 18.8. The van der Waals surface area contributed by atoms with Crippen molar-refractivity contribution in [3.8, 4) is 17.0 Å². The fourth-order valence-corrected chi connectivity index (χ4v) is 4.44. The van der Waals surface area contributed by atoms with Gasteiger partial charge < -0.3 is 15.2 Å². The van der Waals surface area contributed by atoms with E-state index in [1.807, 2.05) is 32.0 Å². The largest absolute Gasteiger partial charge is 0.507 e. The van der Waals surface area contributed by atoms with Gasteiger partial charge in [-0.1, -0.05) is 12.1 Å². The Kier molecular flexibility index (Phi) is 7.44. The summed E-state index contributed by atoms with van der Waals surface area (Å²) in [6, 6.07) is 7.49. The zero-order valence-corrected chi connectivity index (χ0v) is 18.8. The zero-order chi connectivity index (χ0) is 22.5. The van der Waals surface area contributed by atoms with Gasteiger partial charge in [0.2, 0.25) is 0 Å². The van der Waals surface area contributed by atoms with Crippen molar-refractivity contribution in [3.05, 3.63) is 46.6 Å². The number of rotatable bonds is 7. The number of phenols is 1. The van der Waals surface area contributed by atoms with Crippen molar-refractivity contribution in [3.63, 3.8) is 0 Å². The topological polar surface area (TPSA) is 88.5 Å². The summed E-state index contributed by atoms with van der Waals surface area (Å²) in [4.78, 5) is 29.5. The van der Waals surface area contributed by atoms with Crippen LogP contribution in [-0.2, 0) is 20.7 Å².